The SMILES string of the molecule is Cc1nn(C)c(NCCc2ccccc2)c1N. The molecule has 1 aromatic heterocycles. The van der Waals surface area contributed by atoms with Gasteiger partial charge < -0.3 is 11.1 Å². The van der Waals surface area contributed by atoms with E-state index in [4.69, 9.17) is 5.73 Å². The van der Waals surface area contributed by atoms with Crippen LogP contribution in [0.5, 0.6) is 0 Å². The van der Waals surface area contributed by atoms with Crippen molar-refractivity contribution in [1.29, 1.82) is 0 Å². The number of nitrogens with one attached hydrogen (secondary N) is 1. The third-order valence-electron chi connectivity index (χ3n) is 2.82. The first-order valence-corrected chi connectivity index (χ1v) is 5.75. The van der Waals surface area contributed by atoms with Crippen LogP contribution in [0.15, 0.2) is 30.3 Å². The van der Waals surface area contributed by atoms with Crippen LogP contribution in [0.3, 0.4) is 0 Å². The molecule has 0 aliphatic rings. The normalized spacial score (nSPS) is 10.5. The molecule has 0 unspecified atom stereocenters. The second-order valence-electron chi connectivity index (χ2n) is 4.13. The second kappa shape index (κ2) is 4.91. The molecule has 2 rings (SSSR count). The number of hydrogen-bond acceptors (Lipinski definition) is 3. The molecule has 2 aromatic rings. The van der Waals surface area contributed by atoms with Crippen LogP contribution in [0.1, 0.15) is 11.3 Å². The average Bonchev–Trinajstić information content (AvgIpc) is 2.57. The summed E-state index contributed by atoms with van der Waals surface area (Å²) in [4.78, 5) is 0. The van der Waals surface area contributed by atoms with Gasteiger partial charge >= 0.3 is 0 Å². The molecule has 0 atom stereocenters. The minimum absolute atomic E-state index is 0.737. The molecule has 3 N–H and O–H groups in total. The van der Waals surface area contributed by atoms with Gasteiger partial charge in [-0.25, -0.2) is 0 Å². The van der Waals surface area contributed by atoms with Gasteiger partial charge in [-0.05, 0) is 18.9 Å². The summed E-state index contributed by atoms with van der Waals surface area (Å²) >= 11 is 0. The van der Waals surface area contributed by atoms with Crippen molar-refractivity contribution in [2.24, 2.45) is 7.05 Å². The Labute approximate surface area is 101 Å². The highest BCUT2D eigenvalue weighted by Gasteiger charge is 2.08. The van der Waals surface area contributed by atoms with Crippen LogP contribution >= 0.6 is 0 Å². The number of nitrogens with two attached hydrogens (primary N) is 1. The van der Waals surface area contributed by atoms with E-state index in [9.17, 15) is 0 Å². The molecule has 1 aromatic carbocycles. The van der Waals surface area contributed by atoms with Gasteiger partial charge in [0, 0.05) is 13.6 Å². The number of benzene rings is 1. The first-order valence-electron chi connectivity index (χ1n) is 5.75. The fourth-order valence-corrected chi connectivity index (χ4v) is 1.85. The molecule has 1 heterocycles. The van der Waals surface area contributed by atoms with E-state index in [1.165, 1.54) is 5.56 Å². The summed E-state index contributed by atoms with van der Waals surface area (Å²) in [7, 11) is 1.90. The summed E-state index contributed by atoms with van der Waals surface area (Å²) in [6.45, 7) is 2.77. The highest BCUT2D eigenvalue weighted by molar-refractivity contribution is 5.64. The van der Waals surface area contributed by atoms with Crippen molar-refractivity contribution in [3.05, 3.63) is 41.6 Å². The number of aryl methyl sites for hydroxylation is 2. The molecule has 0 radical (unpaired) electrons. The van der Waals surface area contributed by atoms with Gasteiger partial charge in [-0.1, -0.05) is 30.3 Å². The molecule has 0 saturated heterocycles. The number of nitrogen functional groups attached to an aromatic ring is 1. The van der Waals surface area contributed by atoms with Crippen molar-refractivity contribution in [2.75, 3.05) is 17.6 Å². The fraction of sp³-hybridized carbons (Fsp3) is 0.308. The molecule has 90 valence electrons. The van der Waals surface area contributed by atoms with E-state index in [0.717, 1.165) is 30.2 Å². The summed E-state index contributed by atoms with van der Waals surface area (Å²) in [6.07, 6.45) is 0.977. The third-order valence-corrected chi connectivity index (χ3v) is 2.82. The summed E-state index contributed by atoms with van der Waals surface area (Å²) in [5.74, 6) is 0.901. The van der Waals surface area contributed by atoms with Crippen LogP contribution in [0.4, 0.5) is 11.5 Å². The standard InChI is InChI=1S/C13H18N4/c1-10-12(14)13(17(2)16-10)15-9-8-11-6-4-3-5-7-11/h3-7,15H,8-9,14H2,1-2H3. The summed E-state index contributed by atoms with van der Waals surface area (Å²) < 4.78 is 1.79. The zero-order valence-electron chi connectivity index (χ0n) is 10.3. The van der Waals surface area contributed by atoms with Crippen molar-refractivity contribution in [2.45, 2.75) is 13.3 Å². The highest BCUT2D eigenvalue weighted by atomic mass is 15.3. The lowest BCUT2D eigenvalue weighted by Gasteiger charge is -2.07. The topological polar surface area (TPSA) is 55.9 Å². The van der Waals surface area contributed by atoms with E-state index < -0.39 is 0 Å². The zero-order valence-corrected chi connectivity index (χ0v) is 10.3. The first kappa shape index (κ1) is 11.5. The Hall–Kier alpha value is -1.97. The van der Waals surface area contributed by atoms with Crippen molar-refractivity contribution in [3.63, 3.8) is 0 Å². The number of aromatic nitrogens is 2. The van der Waals surface area contributed by atoms with Gasteiger partial charge in [0.05, 0.1) is 11.4 Å². The molecular weight excluding hydrogens is 212 g/mol. The highest BCUT2D eigenvalue weighted by Crippen LogP contribution is 2.20. The molecule has 0 saturated carbocycles. The number of hydrogen-bond donors (Lipinski definition) is 2. The summed E-state index contributed by atoms with van der Waals surface area (Å²) in [6, 6.07) is 10.4. The smallest absolute Gasteiger partial charge is 0.147 e. The molecule has 4 nitrogen and oxygen atoms in total. The molecule has 0 aliphatic heterocycles. The van der Waals surface area contributed by atoms with Crippen LogP contribution in [0.2, 0.25) is 0 Å². The Morgan fingerprint density at radius 3 is 2.59 bits per heavy atom. The van der Waals surface area contributed by atoms with E-state index in [-0.39, 0.29) is 0 Å². The van der Waals surface area contributed by atoms with Gasteiger partial charge in [0.15, 0.2) is 0 Å². The lowest BCUT2D eigenvalue weighted by molar-refractivity contribution is 0.757. The van der Waals surface area contributed by atoms with Crippen LogP contribution in [-0.4, -0.2) is 16.3 Å². The minimum Gasteiger partial charge on any atom is -0.394 e. The maximum Gasteiger partial charge on any atom is 0.147 e. The number of rotatable bonds is 4. The third kappa shape index (κ3) is 2.58. The van der Waals surface area contributed by atoms with Gasteiger partial charge in [-0.3, -0.25) is 4.68 Å². The largest absolute Gasteiger partial charge is 0.394 e. The van der Waals surface area contributed by atoms with Gasteiger partial charge in [-0.2, -0.15) is 5.10 Å². The molecule has 0 bridgehead atoms. The first-order chi connectivity index (χ1) is 8.18. The van der Waals surface area contributed by atoms with Crippen LogP contribution in [-0.2, 0) is 13.5 Å². The maximum atomic E-state index is 5.94. The summed E-state index contributed by atoms with van der Waals surface area (Å²) in [5, 5.41) is 7.59. The van der Waals surface area contributed by atoms with E-state index in [0.29, 0.717) is 0 Å². The van der Waals surface area contributed by atoms with E-state index in [1.54, 1.807) is 4.68 Å². The molecule has 0 spiro atoms. The number of anilines is 2. The van der Waals surface area contributed by atoms with Crippen LogP contribution in [0, 0.1) is 6.92 Å². The minimum atomic E-state index is 0.737. The molecule has 17 heavy (non-hydrogen) atoms. The van der Waals surface area contributed by atoms with Gasteiger partial charge in [0.2, 0.25) is 0 Å². The molecular formula is C13H18N4. The molecule has 0 amide bonds. The molecule has 4 heteroatoms. The Morgan fingerprint density at radius 2 is 2.00 bits per heavy atom. The Kier molecular flexibility index (Phi) is 3.32. The predicted octanol–water partition coefficient (Wildman–Crippen LogP) is 1.97. The zero-order chi connectivity index (χ0) is 12.3. The van der Waals surface area contributed by atoms with Crippen LogP contribution in [0.25, 0.3) is 0 Å². The Bertz CT molecular complexity index is 488. The lowest BCUT2D eigenvalue weighted by Crippen LogP contribution is -2.09. The van der Waals surface area contributed by atoms with E-state index in [2.05, 4.69) is 34.7 Å². The van der Waals surface area contributed by atoms with E-state index in [1.807, 2.05) is 20.0 Å². The summed E-state index contributed by atoms with van der Waals surface area (Å²) in [5.41, 5.74) is 8.86. The monoisotopic (exact) mass is 230 g/mol. The fourth-order valence-electron chi connectivity index (χ4n) is 1.85. The van der Waals surface area contributed by atoms with Gasteiger partial charge in [0.1, 0.15) is 5.82 Å². The van der Waals surface area contributed by atoms with Crippen LogP contribution < -0.4 is 11.1 Å². The van der Waals surface area contributed by atoms with Crippen molar-refractivity contribution < 1.29 is 0 Å². The van der Waals surface area contributed by atoms with Gasteiger partial charge in [-0.15, -0.1) is 0 Å². The van der Waals surface area contributed by atoms with E-state index >= 15 is 0 Å². The Balaban J connectivity index is 1.95. The average molecular weight is 230 g/mol. The second-order valence-corrected chi connectivity index (χ2v) is 4.13. The quantitative estimate of drug-likeness (QED) is 0.844. The Morgan fingerprint density at radius 1 is 1.29 bits per heavy atom. The molecule has 0 fully saturated rings. The molecule has 0 aliphatic carbocycles. The number of nitrogens with zero attached hydrogens (tertiary/aromatic N) is 2. The van der Waals surface area contributed by atoms with Crippen molar-refractivity contribution >= 4 is 11.5 Å². The predicted molar refractivity (Wildman–Crippen MR) is 71.0 cm³/mol. The lowest BCUT2D eigenvalue weighted by atomic mass is 10.1. The maximum absolute atomic E-state index is 5.94. The van der Waals surface area contributed by atoms with Crippen molar-refractivity contribution in [3.8, 4) is 0 Å². The van der Waals surface area contributed by atoms with Crippen molar-refractivity contribution in [1.82, 2.24) is 9.78 Å². The van der Waals surface area contributed by atoms with Gasteiger partial charge in [0.25, 0.3) is 0 Å².